The topological polar surface area (TPSA) is 18.5 Å². The molecule has 0 aliphatic carbocycles. The van der Waals surface area contributed by atoms with Crippen molar-refractivity contribution in [2.24, 2.45) is 0 Å². The molecule has 0 saturated carbocycles. The SMILES string of the molecule is CC/C(C)=C/C(C)=C\C=C(/C)c1cc(OC)c(C)c(OC)c1. The van der Waals surface area contributed by atoms with Gasteiger partial charge < -0.3 is 9.47 Å². The molecule has 0 saturated heterocycles. The maximum atomic E-state index is 5.44. The highest BCUT2D eigenvalue weighted by Crippen LogP contribution is 2.32. The molecule has 0 heterocycles. The van der Waals surface area contributed by atoms with Gasteiger partial charge in [-0.3, -0.25) is 0 Å². The number of hydrogen-bond acceptors (Lipinski definition) is 2. The summed E-state index contributed by atoms with van der Waals surface area (Å²) >= 11 is 0. The fraction of sp³-hybridized carbons (Fsp3) is 0.400. The van der Waals surface area contributed by atoms with E-state index in [0.717, 1.165) is 29.0 Å². The fourth-order valence-corrected chi connectivity index (χ4v) is 2.21. The zero-order valence-corrected chi connectivity index (χ0v) is 14.9. The van der Waals surface area contributed by atoms with E-state index in [0.29, 0.717) is 0 Å². The molecule has 1 aromatic rings. The van der Waals surface area contributed by atoms with Gasteiger partial charge in [0.2, 0.25) is 0 Å². The van der Waals surface area contributed by atoms with E-state index >= 15 is 0 Å². The van der Waals surface area contributed by atoms with Gasteiger partial charge in [-0.25, -0.2) is 0 Å². The molecule has 0 aliphatic rings. The summed E-state index contributed by atoms with van der Waals surface area (Å²) in [6.07, 6.45) is 7.59. The van der Waals surface area contributed by atoms with Crippen molar-refractivity contribution in [1.82, 2.24) is 0 Å². The number of allylic oxidation sites excluding steroid dienone is 6. The molecule has 2 nitrogen and oxygen atoms in total. The number of benzene rings is 1. The van der Waals surface area contributed by atoms with Crippen LogP contribution in [-0.2, 0) is 0 Å². The Morgan fingerprint density at radius 2 is 1.55 bits per heavy atom. The smallest absolute Gasteiger partial charge is 0.126 e. The monoisotopic (exact) mass is 300 g/mol. The molecule has 0 aromatic heterocycles. The molecule has 1 rings (SSSR count). The Balaban J connectivity index is 3.14. The van der Waals surface area contributed by atoms with Crippen LogP contribution < -0.4 is 9.47 Å². The molecule has 0 unspecified atom stereocenters. The maximum Gasteiger partial charge on any atom is 0.126 e. The third-order valence-corrected chi connectivity index (χ3v) is 3.84. The van der Waals surface area contributed by atoms with Crippen molar-refractivity contribution in [3.05, 3.63) is 52.6 Å². The first-order chi connectivity index (χ1) is 10.4. The van der Waals surface area contributed by atoms with E-state index in [1.807, 2.05) is 6.92 Å². The zero-order valence-electron chi connectivity index (χ0n) is 14.9. The van der Waals surface area contributed by atoms with Crippen LogP contribution in [0.25, 0.3) is 5.57 Å². The lowest BCUT2D eigenvalue weighted by molar-refractivity contribution is 0.388. The van der Waals surface area contributed by atoms with Gasteiger partial charge in [0.05, 0.1) is 14.2 Å². The van der Waals surface area contributed by atoms with Crippen molar-refractivity contribution in [2.45, 2.75) is 41.0 Å². The van der Waals surface area contributed by atoms with Gasteiger partial charge in [0.25, 0.3) is 0 Å². The lowest BCUT2D eigenvalue weighted by Crippen LogP contribution is -1.94. The van der Waals surface area contributed by atoms with Crippen LogP contribution in [0.15, 0.2) is 41.5 Å². The molecule has 0 fully saturated rings. The molecule has 0 amide bonds. The van der Waals surface area contributed by atoms with Gasteiger partial charge >= 0.3 is 0 Å². The summed E-state index contributed by atoms with van der Waals surface area (Å²) in [6, 6.07) is 4.11. The number of rotatable bonds is 6. The van der Waals surface area contributed by atoms with E-state index < -0.39 is 0 Å². The fourth-order valence-electron chi connectivity index (χ4n) is 2.21. The maximum absolute atomic E-state index is 5.44. The summed E-state index contributed by atoms with van der Waals surface area (Å²) in [6.45, 7) is 10.6. The van der Waals surface area contributed by atoms with Gasteiger partial charge in [-0.15, -0.1) is 0 Å². The minimum absolute atomic E-state index is 0.851. The summed E-state index contributed by atoms with van der Waals surface area (Å²) < 4.78 is 10.9. The van der Waals surface area contributed by atoms with Crippen molar-refractivity contribution >= 4 is 5.57 Å². The second-order valence-corrected chi connectivity index (χ2v) is 5.61. The molecule has 2 heteroatoms. The Hall–Kier alpha value is -1.96. The zero-order chi connectivity index (χ0) is 16.7. The molecule has 0 bridgehead atoms. The van der Waals surface area contributed by atoms with E-state index in [1.165, 1.54) is 16.7 Å². The van der Waals surface area contributed by atoms with Gasteiger partial charge in [0, 0.05) is 5.56 Å². The number of ether oxygens (including phenoxy) is 2. The molecule has 0 atom stereocenters. The van der Waals surface area contributed by atoms with E-state index in [2.05, 4.69) is 58.1 Å². The first-order valence-electron chi connectivity index (χ1n) is 7.68. The van der Waals surface area contributed by atoms with E-state index in [1.54, 1.807) is 14.2 Å². The van der Waals surface area contributed by atoms with Crippen molar-refractivity contribution in [3.8, 4) is 11.5 Å². The summed E-state index contributed by atoms with van der Waals surface area (Å²) in [5.41, 5.74) is 5.95. The highest BCUT2D eigenvalue weighted by molar-refractivity contribution is 5.69. The van der Waals surface area contributed by atoms with E-state index in [4.69, 9.17) is 9.47 Å². The Kier molecular flexibility index (Phi) is 6.97. The standard InChI is InChI=1S/C20H28O2/c1-8-14(2)11-15(3)9-10-16(4)18-12-19(21-6)17(5)20(13-18)22-7/h9-13H,8H2,1-7H3/b14-11+,15-9-,16-10+. The lowest BCUT2D eigenvalue weighted by Gasteiger charge is -2.12. The van der Waals surface area contributed by atoms with Gasteiger partial charge in [-0.2, -0.15) is 0 Å². The molecule has 120 valence electrons. The quantitative estimate of drug-likeness (QED) is 0.626. The summed E-state index contributed by atoms with van der Waals surface area (Å²) in [5, 5.41) is 0. The second-order valence-electron chi connectivity index (χ2n) is 5.61. The van der Waals surface area contributed by atoms with Crippen LogP contribution in [-0.4, -0.2) is 14.2 Å². The third-order valence-electron chi connectivity index (χ3n) is 3.84. The van der Waals surface area contributed by atoms with E-state index in [9.17, 15) is 0 Å². The molecule has 1 aromatic carbocycles. The van der Waals surface area contributed by atoms with E-state index in [-0.39, 0.29) is 0 Å². The number of hydrogen-bond donors (Lipinski definition) is 0. The minimum atomic E-state index is 0.851. The van der Waals surface area contributed by atoms with Crippen molar-refractivity contribution in [3.63, 3.8) is 0 Å². The van der Waals surface area contributed by atoms with Crippen LogP contribution in [0.3, 0.4) is 0 Å². The average Bonchev–Trinajstić information content (AvgIpc) is 2.52. The van der Waals surface area contributed by atoms with Crippen LogP contribution in [0.4, 0.5) is 0 Å². The molecule has 22 heavy (non-hydrogen) atoms. The molecule has 0 spiro atoms. The Morgan fingerprint density at radius 1 is 1.00 bits per heavy atom. The van der Waals surface area contributed by atoms with Gasteiger partial charge in [0.1, 0.15) is 11.5 Å². The normalized spacial score (nSPS) is 13.3. The molecule has 0 aliphatic heterocycles. The highest BCUT2D eigenvalue weighted by atomic mass is 16.5. The summed E-state index contributed by atoms with van der Waals surface area (Å²) in [7, 11) is 3.37. The van der Waals surface area contributed by atoms with Crippen LogP contribution in [0.5, 0.6) is 11.5 Å². The predicted octanol–water partition coefficient (Wildman–Crippen LogP) is 5.72. The molecule has 0 radical (unpaired) electrons. The number of methoxy groups -OCH3 is 2. The Morgan fingerprint density at radius 3 is 2.00 bits per heavy atom. The molecular weight excluding hydrogens is 272 g/mol. The van der Waals surface area contributed by atoms with Gasteiger partial charge in [-0.05, 0) is 57.4 Å². The molecule has 0 N–H and O–H groups in total. The third kappa shape index (κ3) is 4.80. The largest absolute Gasteiger partial charge is 0.496 e. The minimum Gasteiger partial charge on any atom is -0.496 e. The van der Waals surface area contributed by atoms with Crippen molar-refractivity contribution in [2.75, 3.05) is 14.2 Å². The van der Waals surface area contributed by atoms with Crippen molar-refractivity contribution in [1.29, 1.82) is 0 Å². The molecular formula is C20H28O2. The first kappa shape index (κ1) is 18.1. The lowest BCUT2D eigenvalue weighted by atomic mass is 10.0. The van der Waals surface area contributed by atoms with Crippen LogP contribution >= 0.6 is 0 Å². The summed E-state index contributed by atoms with van der Waals surface area (Å²) in [4.78, 5) is 0. The van der Waals surface area contributed by atoms with Crippen LogP contribution in [0.2, 0.25) is 0 Å². The highest BCUT2D eigenvalue weighted by Gasteiger charge is 2.08. The average molecular weight is 300 g/mol. The second kappa shape index (κ2) is 8.47. The van der Waals surface area contributed by atoms with Gasteiger partial charge in [0.15, 0.2) is 0 Å². The van der Waals surface area contributed by atoms with Crippen LogP contribution in [0.1, 0.15) is 45.2 Å². The Bertz CT molecular complexity index is 579. The predicted molar refractivity (Wildman–Crippen MR) is 95.7 cm³/mol. The van der Waals surface area contributed by atoms with Crippen LogP contribution in [0, 0.1) is 6.92 Å². The van der Waals surface area contributed by atoms with Gasteiger partial charge in [-0.1, -0.05) is 36.3 Å². The first-order valence-corrected chi connectivity index (χ1v) is 7.68. The summed E-state index contributed by atoms with van der Waals surface area (Å²) in [5.74, 6) is 1.70. The Labute approximate surface area is 135 Å². The van der Waals surface area contributed by atoms with Crippen molar-refractivity contribution < 1.29 is 9.47 Å².